The van der Waals surface area contributed by atoms with Crippen molar-refractivity contribution in [2.75, 3.05) is 5.32 Å². The van der Waals surface area contributed by atoms with Crippen LogP contribution >= 0.6 is 15.9 Å². The molecule has 0 spiro atoms. The second-order valence-corrected chi connectivity index (χ2v) is 6.87. The fourth-order valence-electron chi connectivity index (χ4n) is 3.03. The van der Waals surface area contributed by atoms with Crippen LogP contribution in [-0.2, 0) is 20.0 Å². The zero-order valence-electron chi connectivity index (χ0n) is 14.1. The number of anilines is 1. The summed E-state index contributed by atoms with van der Waals surface area (Å²) in [5.74, 6) is 1.02. The van der Waals surface area contributed by atoms with Crippen molar-refractivity contribution in [1.29, 1.82) is 0 Å². The number of halogens is 1. The summed E-state index contributed by atoms with van der Waals surface area (Å²) < 4.78 is 3.19. The molecule has 0 bridgehead atoms. The minimum atomic E-state index is 0.816. The summed E-state index contributed by atoms with van der Waals surface area (Å²) >= 11 is 3.61. The molecule has 1 aromatic heterocycles. The van der Waals surface area contributed by atoms with Crippen LogP contribution in [0.4, 0.5) is 5.69 Å². The molecule has 0 saturated heterocycles. The average Bonchev–Trinajstić information content (AvgIpc) is 2.81. The molecule has 3 rings (SSSR count). The third kappa shape index (κ3) is 3.00. The van der Waals surface area contributed by atoms with Gasteiger partial charge in [-0.05, 0) is 49.1 Å². The minimum Gasteiger partial charge on any atom is -0.379 e. The van der Waals surface area contributed by atoms with Gasteiger partial charge in [0, 0.05) is 18.1 Å². The molecule has 0 unspecified atom stereocenters. The van der Waals surface area contributed by atoms with E-state index in [2.05, 4.69) is 77.0 Å². The van der Waals surface area contributed by atoms with Gasteiger partial charge in [-0.2, -0.15) is 0 Å². The van der Waals surface area contributed by atoms with Crippen molar-refractivity contribution in [3.63, 3.8) is 0 Å². The van der Waals surface area contributed by atoms with Crippen molar-refractivity contribution in [1.82, 2.24) is 9.55 Å². The molecule has 0 aliphatic heterocycles. The van der Waals surface area contributed by atoms with Crippen LogP contribution in [0.2, 0.25) is 0 Å². The van der Waals surface area contributed by atoms with E-state index in [1.54, 1.807) is 0 Å². The zero-order valence-corrected chi connectivity index (χ0v) is 15.7. The Morgan fingerprint density at radius 3 is 2.74 bits per heavy atom. The molecule has 0 aliphatic rings. The first-order valence-electron chi connectivity index (χ1n) is 7.95. The first-order valence-corrected chi connectivity index (χ1v) is 8.74. The molecule has 120 valence electrons. The predicted molar refractivity (Wildman–Crippen MR) is 101 cm³/mol. The van der Waals surface area contributed by atoms with Crippen LogP contribution in [0.3, 0.4) is 0 Å². The van der Waals surface area contributed by atoms with Crippen LogP contribution in [-0.4, -0.2) is 9.55 Å². The average molecular weight is 372 g/mol. The van der Waals surface area contributed by atoms with Gasteiger partial charge in [0.2, 0.25) is 0 Å². The van der Waals surface area contributed by atoms with Gasteiger partial charge in [0.25, 0.3) is 0 Å². The normalized spacial score (nSPS) is 11.2. The fraction of sp³-hybridized carbons (Fsp3) is 0.316. The number of imidazole rings is 1. The van der Waals surface area contributed by atoms with Gasteiger partial charge in [0.1, 0.15) is 11.3 Å². The standard InChI is InChI=1S/C19H22BrN3/c1-5-14-8-6-7-12(2)16(14)11-21-17-9-15(20)10-18-19(17)22-13(3)23(18)4/h6-10,21H,5,11H2,1-4H3. The summed E-state index contributed by atoms with van der Waals surface area (Å²) in [6, 6.07) is 10.8. The van der Waals surface area contributed by atoms with E-state index in [4.69, 9.17) is 4.98 Å². The largest absolute Gasteiger partial charge is 0.379 e. The van der Waals surface area contributed by atoms with E-state index in [1.807, 2.05) is 6.92 Å². The maximum absolute atomic E-state index is 4.71. The van der Waals surface area contributed by atoms with Gasteiger partial charge >= 0.3 is 0 Å². The van der Waals surface area contributed by atoms with Crippen LogP contribution in [0, 0.1) is 13.8 Å². The van der Waals surface area contributed by atoms with Crippen molar-refractivity contribution in [3.8, 4) is 0 Å². The lowest BCUT2D eigenvalue weighted by molar-refractivity contribution is 0.886. The van der Waals surface area contributed by atoms with Gasteiger partial charge < -0.3 is 9.88 Å². The number of hydrogen-bond donors (Lipinski definition) is 1. The first-order chi connectivity index (χ1) is 11.0. The lowest BCUT2D eigenvalue weighted by atomic mass is 10.00. The van der Waals surface area contributed by atoms with Crippen molar-refractivity contribution >= 4 is 32.7 Å². The summed E-state index contributed by atoms with van der Waals surface area (Å²) in [6.07, 6.45) is 1.05. The maximum Gasteiger partial charge on any atom is 0.112 e. The number of aryl methyl sites for hydroxylation is 4. The zero-order chi connectivity index (χ0) is 16.6. The van der Waals surface area contributed by atoms with Gasteiger partial charge in [-0.15, -0.1) is 0 Å². The number of aromatic nitrogens is 2. The quantitative estimate of drug-likeness (QED) is 0.688. The molecule has 0 amide bonds. The number of rotatable bonds is 4. The van der Waals surface area contributed by atoms with Gasteiger partial charge in [-0.1, -0.05) is 41.1 Å². The van der Waals surface area contributed by atoms with Gasteiger partial charge in [0.05, 0.1) is 11.2 Å². The lowest BCUT2D eigenvalue weighted by Crippen LogP contribution is -2.05. The highest BCUT2D eigenvalue weighted by Crippen LogP contribution is 2.29. The summed E-state index contributed by atoms with van der Waals surface area (Å²) in [4.78, 5) is 4.71. The molecule has 3 nitrogen and oxygen atoms in total. The molecule has 0 radical (unpaired) electrons. The highest BCUT2D eigenvalue weighted by molar-refractivity contribution is 9.10. The molecule has 3 aromatic rings. The Morgan fingerprint density at radius 2 is 2.00 bits per heavy atom. The molecule has 23 heavy (non-hydrogen) atoms. The Bertz CT molecular complexity index is 865. The Labute approximate surface area is 145 Å². The van der Waals surface area contributed by atoms with Crippen molar-refractivity contribution in [3.05, 3.63) is 57.3 Å². The van der Waals surface area contributed by atoms with Crippen LogP contribution in [0.25, 0.3) is 11.0 Å². The molecule has 0 atom stereocenters. The maximum atomic E-state index is 4.71. The SMILES string of the molecule is CCc1cccc(C)c1CNc1cc(Br)cc2c1nc(C)n2C. The highest BCUT2D eigenvalue weighted by atomic mass is 79.9. The van der Waals surface area contributed by atoms with E-state index >= 15 is 0 Å². The predicted octanol–water partition coefficient (Wildman–Crippen LogP) is 5.13. The Hall–Kier alpha value is -1.81. The van der Waals surface area contributed by atoms with E-state index in [9.17, 15) is 0 Å². The number of benzene rings is 2. The van der Waals surface area contributed by atoms with Crippen molar-refractivity contribution in [2.24, 2.45) is 7.05 Å². The number of hydrogen-bond acceptors (Lipinski definition) is 2. The molecular weight excluding hydrogens is 350 g/mol. The minimum absolute atomic E-state index is 0.816. The molecule has 4 heteroatoms. The van der Waals surface area contributed by atoms with E-state index in [-0.39, 0.29) is 0 Å². The Balaban J connectivity index is 1.98. The van der Waals surface area contributed by atoms with E-state index in [0.717, 1.165) is 40.0 Å². The number of nitrogens with zero attached hydrogens (tertiary/aromatic N) is 2. The van der Waals surface area contributed by atoms with Crippen LogP contribution in [0.5, 0.6) is 0 Å². The van der Waals surface area contributed by atoms with Gasteiger partial charge in [-0.3, -0.25) is 0 Å². The van der Waals surface area contributed by atoms with Crippen LogP contribution in [0.15, 0.2) is 34.8 Å². The second-order valence-electron chi connectivity index (χ2n) is 5.96. The third-order valence-electron chi connectivity index (χ3n) is 4.52. The fourth-order valence-corrected chi connectivity index (χ4v) is 3.48. The van der Waals surface area contributed by atoms with E-state index < -0.39 is 0 Å². The van der Waals surface area contributed by atoms with Crippen molar-refractivity contribution < 1.29 is 0 Å². The lowest BCUT2D eigenvalue weighted by Gasteiger charge is -2.14. The van der Waals surface area contributed by atoms with Crippen molar-refractivity contribution in [2.45, 2.75) is 33.7 Å². The molecule has 0 saturated carbocycles. The van der Waals surface area contributed by atoms with Gasteiger partial charge in [-0.25, -0.2) is 4.98 Å². The molecule has 2 aromatic carbocycles. The monoisotopic (exact) mass is 371 g/mol. The van der Waals surface area contributed by atoms with E-state index in [0.29, 0.717) is 0 Å². The van der Waals surface area contributed by atoms with Crippen LogP contribution in [0.1, 0.15) is 29.4 Å². The molecule has 0 fully saturated rings. The number of nitrogens with one attached hydrogen (secondary N) is 1. The molecular formula is C19H22BrN3. The van der Waals surface area contributed by atoms with Gasteiger partial charge in [0.15, 0.2) is 0 Å². The second kappa shape index (κ2) is 6.36. The first kappa shape index (κ1) is 16.1. The molecule has 1 heterocycles. The summed E-state index contributed by atoms with van der Waals surface area (Å²) in [7, 11) is 2.05. The Morgan fingerprint density at radius 1 is 1.22 bits per heavy atom. The molecule has 0 aliphatic carbocycles. The summed E-state index contributed by atoms with van der Waals surface area (Å²) in [6.45, 7) is 7.24. The summed E-state index contributed by atoms with van der Waals surface area (Å²) in [5.41, 5.74) is 7.36. The smallest absolute Gasteiger partial charge is 0.112 e. The molecule has 1 N–H and O–H groups in total. The van der Waals surface area contributed by atoms with Crippen LogP contribution < -0.4 is 5.32 Å². The summed E-state index contributed by atoms with van der Waals surface area (Å²) in [5, 5.41) is 3.60. The number of fused-ring (bicyclic) bond motifs is 1. The van der Waals surface area contributed by atoms with E-state index in [1.165, 1.54) is 16.7 Å². The Kier molecular flexibility index (Phi) is 4.44. The third-order valence-corrected chi connectivity index (χ3v) is 4.98. The highest BCUT2D eigenvalue weighted by Gasteiger charge is 2.11. The topological polar surface area (TPSA) is 29.9 Å².